The average molecular weight is 506 g/mol. The molecular formula is C25H39N5O6. The van der Waals surface area contributed by atoms with E-state index in [1.807, 2.05) is 0 Å². The smallest absolute Gasteiger partial charge is 0.336 e. The maximum absolute atomic E-state index is 13.1. The molecule has 36 heavy (non-hydrogen) atoms. The highest BCUT2D eigenvalue weighted by molar-refractivity contribution is 5.32. The summed E-state index contributed by atoms with van der Waals surface area (Å²) in [6.45, 7) is 2.51. The van der Waals surface area contributed by atoms with Gasteiger partial charge in [-0.3, -0.25) is 0 Å². The molecule has 1 aromatic heterocycles. The summed E-state index contributed by atoms with van der Waals surface area (Å²) in [5, 5.41) is 0. The van der Waals surface area contributed by atoms with Crippen molar-refractivity contribution in [1.29, 1.82) is 0 Å². The predicted molar refractivity (Wildman–Crippen MR) is 135 cm³/mol. The lowest BCUT2D eigenvalue weighted by Gasteiger charge is -2.14. The maximum Gasteiger partial charge on any atom is 0.336 e. The molecule has 0 bridgehead atoms. The van der Waals surface area contributed by atoms with E-state index in [4.69, 9.17) is 4.74 Å². The summed E-state index contributed by atoms with van der Waals surface area (Å²) < 4.78 is 8.81. The van der Waals surface area contributed by atoms with Crippen LogP contribution in [0.15, 0.2) is 24.4 Å². The second kappa shape index (κ2) is 17.5. The molecule has 2 heterocycles. The summed E-state index contributed by atoms with van der Waals surface area (Å²) in [7, 11) is 0. The lowest BCUT2D eigenvalue weighted by Crippen LogP contribution is -2.54. The highest BCUT2D eigenvalue weighted by atomic mass is 16.6. The number of aromatic nitrogens is 3. The highest BCUT2D eigenvalue weighted by Gasteiger charge is 2.21. The third kappa shape index (κ3) is 10.8. The fourth-order valence-electron chi connectivity index (χ4n) is 4.21. The van der Waals surface area contributed by atoms with Crippen LogP contribution in [0.4, 0.5) is 0 Å². The summed E-state index contributed by atoms with van der Waals surface area (Å²) in [4.78, 5) is 66.5. The Morgan fingerprint density at radius 2 is 0.972 bits per heavy atom. The molecule has 1 aromatic rings. The molecule has 0 N–H and O–H groups in total. The number of hydrogen-bond acceptors (Lipinski definition) is 8. The van der Waals surface area contributed by atoms with Crippen molar-refractivity contribution in [3.05, 3.63) is 31.5 Å². The molecule has 0 aromatic carbocycles. The van der Waals surface area contributed by atoms with Crippen molar-refractivity contribution in [3.8, 4) is 0 Å². The van der Waals surface area contributed by atoms with Crippen LogP contribution < -0.4 is 17.1 Å². The quantitative estimate of drug-likeness (QED) is 0.109. The van der Waals surface area contributed by atoms with Crippen LogP contribution in [0, 0.1) is 0 Å². The van der Waals surface area contributed by atoms with Crippen LogP contribution in [0.3, 0.4) is 0 Å². The van der Waals surface area contributed by atoms with Crippen molar-refractivity contribution in [3.63, 3.8) is 0 Å². The van der Waals surface area contributed by atoms with E-state index in [-0.39, 0.29) is 13.1 Å². The Morgan fingerprint density at radius 3 is 1.33 bits per heavy atom. The van der Waals surface area contributed by atoms with Gasteiger partial charge in [-0.05, 0) is 38.5 Å². The molecule has 0 amide bonds. The van der Waals surface area contributed by atoms with Crippen LogP contribution in [0.1, 0.15) is 83.5 Å². The second-order valence-electron chi connectivity index (χ2n) is 9.24. The molecule has 1 saturated heterocycles. The van der Waals surface area contributed by atoms with E-state index < -0.39 is 17.1 Å². The van der Waals surface area contributed by atoms with Gasteiger partial charge < -0.3 is 4.74 Å². The van der Waals surface area contributed by atoms with Gasteiger partial charge in [-0.15, -0.1) is 0 Å². The minimum absolute atomic E-state index is 0.250. The summed E-state index contributed by atoms with van der Waals surface area (Å²) >= 11 is 0. The standard InChI is InChI=1S/C25H39N5O6/c31-20-26-14-8-2-5-11-17-29-23(33)28(16-10-4-1-7-13-22-19-36-22)24(34)30(25(29)35)18-12-6-3-9-15-27-21-32/h22H,1-19H2. The fraction of sp³-hybridized carbons (Fsp3) is 0.800. The van der Waals surface area contributed by atoms with Gasteiger partial charge in [0, 0.05) is 19.6 Å². The van der Waals surface area contributed by atoms with Crippen molar-refractivity contribution in [2.24, 2.45) is 9.98 Å². The van der Waals surface area contributed by atoms with Gasteiger partial charge in [-0.25, -0.2) is 47.7 Å². The van der Waals surface area contributed by atoms with Crippen LogP contribution in [-0.4, -0.2) is 51.7 Å². The molecule has 200 valence electrons. The Hall–Kier alpha value is -2.87. The SMILES string of the molecule is O=C=NCCCCCCn1c(=O)n(CCCCCCN=C=O)c(=O)n(CCCCCCC2CO2)c1=O. The van der Waals surface area contributed by atoms with Crippen molar-refractivity contribution in [1.82, 2.24) is 13.7 Å². The zero-order valence-electron chi connectivity index (χ0n) is 21.2. The zero-order chi connectivity index (χ0) is 26.0. The number of unbranched alkanes of at least 4 members (excludes halogenated alkanes) is 9. The van der Waals surface area contributed by atoms with Crippen molar-refractivity contribution < 1.29 is 14.3 Å². The number of isocyanates is 2. The van der Waals surface area contributed by atoms with E-state index >= 15 is 0 Å². The summed E-state index contributed by atoms with van der Waals surface area (Å²) in [5.41, 5.74) is -1.63. The summed E-state index contributed by atoms with van der Waals surface area (Å²) in [5.74, 6) is 0. The molecule has 11 nitrogen and oxygen atoms in total. The number of aliphatic imine (C=N–C) groups is 2. The van der Waals surface area contributed by atoms with E-state index in [1.165, 1.54) is 25.9 Å². The van der Waals surface area contributed by atoms with E-state index in [9.17, 15) is 24.0 Å². The minimum Gasteiger partial charge on any atom is -0.373 e. The van der Waals surface area contributed by atoms with E-state index in [0.29, 0.717) is 45.0 Å². The Bertz CT molecular complexity index is 990. The van der Waals surface area contributed by atoms with Crippen molar-refractivity contribution in [2.75, 3.05) is 19.7 Å². The van der Waals surface area contributed by atoms with Crippen LogP contribution in [0.2, 0.25) is 0 Å². The average Bonchev–Trinajstić information content (AvgIpc) is 3.70. The van der Waals surface area contributed by atoms with Crippen LogP contribution >= 0.6 is 0 Å². The third-order valence-electron chi connectivity index (χ3n) is 6.38. The molecule has 1 unspecified atom stereocenters. The minimum atomic E-state index is -0.554. The molecule has 0 aliphatic carbocycles. The Balaban J connectivity index is 2.01. The molecule has 1 aliphatic rings. The summed E-state index contributed by atoms with van der Waals surface area (Å²) in [6, 6.07) is 0. The van der Waals surface area contributed by atoms with Gasteiger partial charge in [0.1, 0.15) is 0 Å². The van der Waals surface area contributed by atoms with Gasteiger partial charge in [-0.2, -0.15) is 0 Å². The first-order chi connectivity index (χ1) is 17.6. The number of ether oxygens (including phenoxy) is 1. The van der Waals surface area contributed by atoms with Crippen LogP contribution in [-0.2, 0) is 34.0 Å². The molecule has 0 radical (unpaired) electrons. The van der Waals surface area contributed by atoms with Crippen molar-refractivity contribution >= 4 is 12.2 Å². The van der Waals surface area contributed by atoms with Crippen molar-refractivity contribution in [2.45, 2.75) is 109 Å². The van der Waals surface area contributed by atoms with Gasteiger partial charge >= 0.3 is 17.1 Å². The Labute approximate surface area is 210 Å². The van der Waals surface area contributed by atoms with Gasteiger partial charge in [0.2, 0.25) is 12.2 Å². The first kappa shape index (κ1) is 29.4. The van der Waals surface area contributed by atoms with E-state index in [0.717, 1.165) is 70.8 Å². The highest BCUT2D eigenvalue weighted by Crippen LogP contribution is 2.17. The summed E-state index contributed by atoms with van der Waals surface area (Å²) in [6.07, 6.45) is 14.2. The maximum atomic E-state index is 13.1. The topological polar surface area (TPSA) is 137 Å². The molecule has 0 saturated carbocycles. The number of carbonyl (C=O) groups excluding carboxylic acids is 2. The normalized spacial score (nSPS) is 14.3. The molecule has 0 spiro atoms. The first-order valence-corrected chi connectivity index (χ1v) is 13.2. The third-order valence-corrected chi connectivity index (χ3v) is 6.38. The molecule has 1 atom stereocenters. The molecular weight excluding hydrogens is 466 g/mol. The lowest BCUT2D eigenvalue weighted by molar-refractivity contribution is 0.385. The number of hydrogen-bond donors (Lipinski definition) is 0. The largest absolute Gasteiger partial charge is 0.373 e. The van der Waals surface area contributed by atoms with Gasteiger partial charge in [0.15, 0.2) is 0 Å². The molecule has 1 aliphatic heterocycles. The van der Waals surface area contributed by atoms with E-state index in [2.05, 4.69) is 9.98 Å². The van der Waals surface area contributed by atoms with Gasteiger partial charge in [0.25, 0.3) is 0 Å². The van der Waals surface area contributed by atoms with Crippen LogP contribution in [0.5, 0.6) is 0 Å². The zero-order valence-corrected chi connectivity index (χ0v) is 21.2. The molecule has 1 fully saturated rings. The molecule has 11 heteroatoms. The molecule has 2 rings (SSSR count). The number of epoxide rings is 1. The number of nitrogens with zero attached hydrogens (tertiary/aromatic N) is 5. The Kier molecular flexibility index (Phi) is 14.3. The van der Waals surface area contributed by atoms with E-state index in [1.54, 1.807) is 0 Å². The fourth-order valence-corrected chi connectivity index (χ4v) is 4.21. The Morgan fingerprint density at radius 1 is 0.611 bits per heavy atom. The van der Waals surface area contributed by atoms with Gasteiger partial charge in [0.05, 0.1) is 25.8 Å². The number of rotatable bonds is 21. The van der Waals surface area contributed by atoms with Gasteiger partial charge in [-0.1, -0.05) is 44.9 Å². The lowest BCUT2D eigenvalue weighted by atomic mass is 10.1. The second-order valence-corrected chi connectivity index (χ2v) is 9.24. The predicted octanol–water partition coefficient (Wildman–Crippen LogP) is 2.31. The monoisotopic (exact) mass is 505 g/mol. The first-order valence-electron chi connectivity index (χ1n) is 13.2. The van der Waals surface area contributed by atoms with Crippen LogP contribution in [0.25, 0.3) is 0 Å².